The lowest BCUT2D eigenvalue weighted by Gasteiger charge is -2.23. The van der Waals surface area contributed by atoms with Crippen molar-refractivity contribution in [1.82, 2.24) is 4.90 Å². The van der Waals surface area contributed by atoms with Crippen LogP contribution >= 0.6 is 0 Å². The number of likely N-dealkylation sites (N-methyl/N-ethyl adjacent to an activating group) is 1. The van der Waals surface area contributed by atoms with Crippen LogP contribution in [0, 0.1) is 5.92 Å². The Bertz CT molecular complexity index is 172. The van der Waals surface area contributed by atoms with Gasteiger partial charge >= 0.3 is 0 Å². The predicted octanol–water partition coefficient (Wildman–Crippen LogP) is 0.834. The molecule has 14 heavy (non-hydrogen) atoms. The molecule has 2 aliphatic rings. The number of hydrogen-bond donors (Lipinski definition) is 1. The highest BCUT2D eigenvalue weighted by molar-refractivity contribution is 4.86. The van der Waals surface area contributed by atoms with E-state index in [4.69, 9.17) is 10.5 Å². The first-order valence-corrected chi connectivity index (χ1v) is 5.81. The van der Waals surface area contributed by atoms with Crippen LogP contribution in [0.2, 0.25) is 0 Å². The van der Waals surface area contributed by atoms with E-state index in [2.05, 4.69) is 11.9 Å². The molecule has 0 aromatic carbocycles. The zero-order chi connectivity index (χ0) is 9.97. The van der Waals surface area contributed by atoms with E-state index in [0.29, 0.717) is 12.1 Å². The average molecular weight is 198 g/mol. The van der Waals surface area contributed by atoms with Crippen LogP contribution in [0.1, 0.15) is 25.7 Å². The van der Waals surface area contributed by atoms with Crippen molar-refractivity contribution in [2.75, 3.05) is 26.7 Å². The molecule has 2 N–H and O–H groups in total. The molecule has 2 fully saturated rings. The van der Waals surface area contributed by atoms with Gasteiger partial charge in [-0.3, -0.25) is 0 Å². The highest BCUT2D eigenvalue weighted by Crippen LogP contribution is 2.31. The summed E-state index contributed by atoms with van der Waals surface area (Å²) in [6.45, 7) is 3.04. The summed E-state index contributed by atoms with van der Waals surface area (Å²) >= 11 is 0. The van der Waals surface area contributed by atoms with E-state index in [0.717, 1.165) is 25.6 Å². The quantitative estimate of drug-likeness (QED) is 0.711. The topological polar surface area (TPSA) is 38.5 Å². The third-order valence-electron chi connectivity index (χ3n) is 3.29. The van der Waals surface area contributed by atoms with E-state index in [1.165, 1.54) is 25.7 Å². The van der Waals surface area contributed by atoms with Crippen LogP contribution in [0.25, 0.3) is 0 Å². The monoisotopic (exact) mass is 198 g/mol. The Kier molecular flexibility index (Phi) is 3.42. The van der Waals surface area contributed by atoms with Crippen LogP contribution in [-0.2, 0) is 4.74 Å². The third kappa shape index (κ3) is 2.94. The van der Waals surface area contributed by atoms with Crippen LogP contribution in [0.5, 0.6) is 0 Å². The number of hydrogen-bond acceptors (Lipinski definition) is 3. The van der Waals surface area contributed by atoms with E-state index in [1.807, 2.05) is 0 Å². The molecule has 0 spiro atoms. The maximum absolute atomic E-state index is 6.07. The van der Waals surface area contributed by atoms with Crippen LogP contribution in [0.15, 0.2) is 0 Å². The second-order valence-corrected chi connectivity index (χ2v) is 4.86. The molecule has 1 aliphatic heterocycles. The smallest absolute Gasteiger partial charge is 0.0702 e. The Morgan fingerprint density at radius 1 is 1.43 bits per heavy atom. The van der Waals surface area contributed by atoms with E-state index in [1.54, 1.807) is 0 Å². The van der Waals surface area contributed by atoms with Crippen molar-refractivity contribution < 1.29 is 4.74 Å². The molecule has 1 saturated carbocycles. The molecule has 0 bridgehead atoms. The summed E-state index contributed by atoms with van der Waals surface area (Å²) in [6.07, 6.45) is 5.60. The van der Waals surface area contributed by atoms with Crippen molar-refractivity contribution in [1.29, 1.82) is 0 Å². The minimum Gasteiger partial charge on any atom is -0.377 e. The normalized spacial score (nSPS) is 29.8. The Labute approximate surface area is 86.6 Å². The van der Waals surface area contributed by atoms with Crippen molar-refractivity contribution in [2.24, 2.45) is 11.7 Å². The first kappa shape index (κ1) is 10.4. The molecule has 2 unspecified atom stereocenters. The van der Waals surface area contributed by atoms with Gasteiger partial charge in [0.15, 0.2) is 0 Å². The molecule has 1 aliphatic carbocycles. The summed E-state index contributed by atoms with van der Waals surface area (Å²) in [5, 5.41) is 0. The van der Waals surface area contributed by atoms with Gasteiger partial charge in [-0.2, -0.15) is 0 Å². The lowest BCUT2D eigenvalue weighted by atomic mass is 10.2. The van der Waals surface area contributed by atoms with Gasteiger partial charge in [-0.15, -0.1) is 0 Å². The second-order valence-electron chi connectivity index (χ2n) is 4.86. The minimum absolute atomic E-state index is 0.390. The largest absolute Gasteiger partial charge is 0.377 e. The van der Waals surface area contributed by atoms with Gasteiger partial charge in [0.05, 0.1) is 6.10 Å². The van der Waals surface area contributed by atoms with Gasteiger partial charge in [0, 0.05) is 25.7 Å². The second kappa shape index (κ2) is 4.60. The molecular weight excluding hydrogens is 176 g/mol. The minimum atomic E-state index is 0.390. The molecule has 1 saturated heterocycles. The predicted molar refractivity (Wildman–Crippen MR) is 57.2 cm³/mol. The fraction of sp³-hybridized carbons (Fsp3) is 1.00. The fourth-order valence-corrected chi connectivity index (χ4v) is 2.24. The van der Waals surface area contributed by atoms with Gasteiger partial charge in [0.2, 0.25) is 0 Å². The van der Waals surface area contributed by atoms with Crippen molar-refractivity contribution in [3.8, 4) is 0 Å². The summed E-state index contributed by atoms with van der Waals surface area (Å²) in [5.74, 6) is 0.807. The van der Waals surface area contributed by atoms with Crippen LogP contribution in [0.4, 0.5) is 0 Å². The molecule has 0 radical (unpaired) electrons. The number of rotatable bonds is 5. The Hall–Kier alpha value is -0.120. The zero-order valence-corrected chi connectivity index (χ0v) is 9.11. The standard InChI is InChI=1S/C11H22N2O/c1-13(7-10-3-2-6-14-10)8-11(12)9-4-5-9/h9-11H,2-8,12H2,1H3. The van der Waals surface area contributed by atoms with Crippen LogP contribution in [-0.4, -0.2) is 43.8 Å². The van der Waals surface area contributed by atoms with Gasteiger partial charge in [-0.1, -0.05) is 0 Å². The number of ether oxygens (including phenoxy) is 1. The molecule has 2 atom stereocenters. The Morgan fingerprint density at radius 2 is 2.21 bits per heavy atom. The van der Waals surface area contributed by atoms with E-state index < -0.39 is 0 Å². The molecular formula is C11H22N2O. The van der Waals surface area contributed by atoms with Crippen molar-refractivity contribution >= 4 is 0 Å². The molecule has 1 heterocycles. The SMILES string of the molecule is CN(CC1CCCO1)CC(N)C1CC1. The van der Waals surface area contributed by atoms with Gasteiger partial charge in [0.1, 0.15) is 0 Å². The average Bonchev–Trinajstić information content (AvgIpc) is 2.87. The Balaban J connectivity index is 1.63. The van der Waals surface area contributed by atoms with Crippen molar-refractivity contribution in [3.63, 3.8) is 0 Å². The Morgan fingerprint density at radius 3 is 2.79 bits per heavy atom. The first-order valence-electron chi connectivity index (χ1n) is 5.81. The zero-order valence-electron chi connectivity index (χ0n) is 9.11. The van der Waals surface area contributed by atoms with E-state index in [9.17, 15) is 0 Å². The summed E-state index contributed by atoms with van der Waals surface area (Å²) in [7, 11) is 2.16. The summed E-state index contributed by atoms with van der Waals surface area (Å²) in [5.41, 5.74) is 6.07. The lowest BCUT2D eigenvalue weighted by Crippen LogP contribution is -2.40. The van der Waals surface area contributed by atoms with Gasteiger partial charge in [-0.05, 0) is 38.6 Å². The summed E-state index contributed by atoms with van der Waals surface area (Å²) in [4.78, 5) is 2.33. The highest BCUT2D eigenvalue weighted by atomic mass is 16.5. The summed E-state index contributed by atoms with van der Waals surface area (Å²) in [6, 6.07) is 0.390. The maximum Gasteiger partial charge on any atom is 0.0702 e. The van der Waals surface area contributed by atoms with E-state index in [-0.39, 0.29) is 0 Å². The highest BCUT2D eigenvalue weighted by Gasteiger charge is 2.29. The van der Waals surface area contributed by atoms with Gasteiger partial charge < -0.3 is 15.4 Å². The van der Waals surface area contributed by atoms with E-state index >= 15 is 0 Å². The molecule has 0 amide bonds. The third-order valence-corrected chi connectivity index (χ3v) is 3.29. The van der Waals surface area contributed by atoms with Crippen LogP contribution < -0.4 is 5.73 Å². The first-order chi connectivity index (χ1) is 6.75. The van der Waals surface area contributed by atoms with Crippen LogP contribution in [0.3, 0.4) is 0 Å². The molecule has 82 valence electrons. The number of nitrogens with zero attached hydrogens (tertiary/aromatic N) is 1. The number of nitrogens with two attached hydrogens (primary N) is 1. The molecule has 0 aromatic rings. The molecule has 2 rings (SSSR count). The van der Waals surface area contributed by atoms with Gasteiger partial charge in [0.25, 0.3) is 0 Å². The van der Waals surface area contributed by atoms with Crippen molar-refractivity contribution in [2.45, 2.75) is 37.8 Å². The fourth-order valence-electron chi connectivity index (χ4n) is 2.24. The molecule has 0 aromatic heterocycles. The summed E-state index contributed by atoms with van der Waals surface area (Å²) < 4.78 is 5.60. The van der Waals surface area contributed by atoms with Gasteiger partial charge in [-0.25, -0.2) is 0 Å². The maximum atomic E-state index is 6.07. The van der Waals surface area contributed by atoms with Crippen molar-refractivity contribution in [3.05, 3.63) is 0 Å². The lowest BCUT2D eigenvalue weighted by molar-refractivity contribution is 0.0790. The molecule has 3 nitrogen and oxygen atoms in total. The molecule has 3 heteroatoms.